The molecule has 0 saturated carbocycles. The fourth-order valence-corrected chi connectivity index (χ4v) is 2.36. The summed E-state index contributed by atoms with van der Waals surface area (Å²) < 4.78 is 26.1. The van der Waals surface area contributed by atoms with Crippen molar-refractivity contribution in [2.75, 3.05) is 13.1 Å². The molecule has 0 unspecified atom stereocenters. The molecule has 1 N–H and O–H groups in total. The molecular formula is C11H15F2N3O2. The Morgan fingerprint density at radius 2 is 2.33 bits per heavy atom. The van der Waals surface area contributed by atoms with Gasteiger partial charge in [0.15, 0.2) is 0 Å². The number of hydrogen-bond acceptors (Lipinski definition) is 3. The Hall–Kier alpha value is -1.50. The molecule has 1 fully saturated rings. The van der Waals surface area contributed by atoms with E-state index in [9.17, 15) is 13.6 Å². The first kappa shape index (κ1) is 12.9. The third-order valence-electron chi connectivity index (χ3n) is 3.33. The highest BCUT2D eigenvalue weighted by Crippen LogP contribution is 2.25. The van der Waals surface area contributed by atoms with Gasteiger partial charge in [-0.15, -0.1) is 0 Å². The van der Waals surface area contributed by atoms with Crippen molar-refractivity contribution < 1.29 is 18.7 Å². The van der Waals surface area contributed by atoms with E-state index in [1.807, 2.05) is 11.8 Å². The molecule has 0 aliphatic carbocycles. The molecule has 0 spiro atoms. The topological polar surface area (TPSA) is 58.4 Å². The maximum Gasteiger partial charge on any atom is 0.319 e. The van der Waals surface area contributed by atoms with Gasteiger partial charge < -0.3 is 5.11 Å². The van der Waals surface area contributed by atoms with Crippen molar-refractivity contribution in [1.82, 2.24) is 14.5 Å². The predicted octanol–water partition coefficient (Wildman–Crippen LogP) is 1.43. The molecule has 2 heterocycles. The van der Waals surface area contributed by atoms with Gasteiger partial charge in [0.1, 0.15) is 5.82 Å². The second-order valence-corrected chi connectivity index (χ2v) is 4.64. The van der Waals surface area contributed by atoms with Crippen LogP contribution in [0.25, 0.3) is 0 Å². The number of alkyl halides is 2. The Morgan fingerprint density at radius 1 is 1.61 bits per heavy atom. The molecule has 2 atom stereocenters. The number of carboxylic acid groups (broad SMARTS) is 1. The van der Waals surface area contributed by atoms with Crippen molar-refractivity contribution in [3.8, 4) is 0 Å². The predicted molar refractivity (Wildman–Crippen MR) is 59.0 cm³/mol. The number of likely N-dealkylation sites (tertiary alicyclic amines) is 1. The van der Waals surface area contributed by atoms with Gasteiger partial charge >= 0.3 is 12.5 Å². The maximum absolute atomic E-state index is 12.6. The van der Waals surface area contributed by atoms with E-state index >= 15 is 0 Å². The number of aromatic nitrogens is 2. The number of imidazole rings is 1. The largest absolute Gasteiger partial charge is 0.481 e. The van der Waals surface area contributed by atoms with Crippen LogP contribution in [0.2, 0.25) is 0 Å². The molecule has 1 aromatic rings. The minimum absolute atomic E-state index is 0.0254. The van der Waals surface area contributed by atoms with E-state index < -0.39 is 18.4 Å². The van der Waals surface area contributed by atoms with Crippen LogP contribution in [0.5, 0.6) is 0 Å². The highest BCUT2D eigenvalue weighted by Gasteiger charge is 2.35. The fourth-order valence-electron chi connectivity index (χ4n) is 2.36. The number of hydrogen-bond donors (Lipinski definition) is 1. The van der Waals surface area contributed by atoms with Crippen molar-refractivity contribution in [2.45, 2.75) is 20.0 Å². The van der Waals surface area contributed by atoms with Gasteiger partial charge in [0.05, 0.1) is 12.5 Å². The van der Waals surface area contributed by atoms with Crippen LogP contribution in [0.3, 0.4) is 0 Å². The Labute approximate surface area is 103 Å². The van der Waals surface area contributed by atoms with E-state index in [4.69, 9.17) is 5.11 Å². The van der Waals surface area contributed by atoms with Crippen molar-refractivity contribution in [2.24, 2.45) is 11.8 Å². The molecule has 1 aliphatic heterocycles. The van der Waals surface area contributed by atoms with Gasteiger partial charge in [0, 0.05) is 25.5 Å². The Kier molecular flexibility index (Phi) is 3.60. The molecule has 18 heavy (non-hydrogen) atoms. The van der Waals surface area contributed by atoms with E-state index in [1.165, 1.54) is 12.4 Å². The van der Waals surface area contributed by atoms with E-state index in [-0.39, 0.29) is 18.3 Å². The summed E-state index contributed by atoms with van der Waals surface area (Å²) in [5, 5.41) is 9.00. The molecule has 100 valence electrons. The van der Waals surface area contributed by atoms with Gasteiger partial charge in [0.2, 0.25) is 0 Å². The highest BCUT2D eigenvalue weighted by molar-refractivity contribution is 5.71. The Morgan fingerprint density at radius 3 is 2.89 bits per heavy atom. The number of nitrogens with zero attached hydrogens (tertiary/aromatic N) is 3. The van der Waals surface area contributed by atoms with Crippen LogP contribution in [-0.4, -0.2) is 38.6 Å². The van der Waals surface area contributed by atoms with Crippen molar-refractivity contribution >= 4 is 5.97 Å². The fraction of sp³-hybridized carbons (Fsp3) is 0.636. The van der Waals surface area contributed by atoms with Crippen molar-refractivity contribution in [1.29, 1.82) is 0 Å². The number of carboxylic acids is 1. The summed E-state index contributed by atoms with van der Waals surface area (Å²) in [6.07, 6.45) is 2.56. The van der Waals surface area contributed by atoms with Gasteiger partial charge in [-0.2, -0.15) is 8.78 Å². The second kappa shape index (κ2) is 5.01. The van der Waals surface area contributed by atoms with Crippen molar-refractivity contribution in [3.05, 3.63) is 18.2 Å². The first-order valence-corrected chi connectivity index (χ1v) is 5.74. The monoisotopic (exact) mass is 259 g/mol. The van der Waals surface area contributed by atoms with E-state index in [0.29, 0.717) is 13.1 Å². The zero-order chi connectivity index (χ0) is 13.3. The molecule has 5 nitrogen and oxygen atoms in total. The first-order chi connectivity index (χ1) is 8.49. The summed E-state index contributed by atoms with van der Waals surface area (Å²) in [5.41, 5.74) is 0. The summed E-state index contributed by atoms with van der Waals surface area (Å²) in [4.78, 5) is 16.7. The molecule has 0 amide bonds. The molecule has 0 radical (unpaired) electrons. The number of carbonyl (C=O) groups is 1. The number of halogens is 2. The lowest BCUT2D eigenvalue weighted by molar-refractivity contribution is -0.142. The molecule has 2 rings (SSSR count). The number of aliphatic carboxylic acids is 1. The van der Waals surface area contributed by atoms with Crippen LogP contribution >= 0.6 is 0 Å². The van der Waals surface area contributed by atoms with Crippen LogP contribution in [0.1, 0.15) is 19.3 Å². The molecule has 1 aromatic heterocycles. The summed E-state index contributed by atoms with van der Waals surface area (Å²) in [6.45, 7) is 0.474. The van der Waals surface area contributed by atoms with Crippen LogP contribution in [0.4, 0.5) is 8.78 Å². The standard InChI is InChI=1S/C11H15F2N3O2/c1-7-4-15(5-8(7)10(17)18)6-9-14-2-3-16(9)11(12)13/h2-3,7-8,11H,4-6H2,1H3,(H,17,18)/t7-,8-/m1/s1. The SMILES string of the molecule is C[C@@H]1CN(Cc2nccn2C(F)F)C[C@H]1C(=O)O. The van der Waals surface area contributed by atoms with E-state index in [2.05, 4.69) is 4.98 Å². The van der Waals surface area contributed by atoms with Crippen LogP contribution in [0, 0.1) is 11.8 Å². The van der Waals surface area contributed by atoms with Gasteiger partial charge in [-0.1, -0.05) is 6.92 Å². The van der Waals surface area contributed by atoms with Crippen LogP contribution in [-0.2, 0) is 11.3 Å². The molecule has 1 aliphatic rings. The zero-order valence-electron chi connectivity index (χ0n) is 9.96. The normalized spacial score (nSPS) is 24.9. The minimum atomic E-state index is -2.61. The summed E-state index contributed by atoms with van der Waals surface area (Å²) in [5.74, 6) is -0.970. The molecule has 1 saturated heterocycles. The first-order valence-electron chi connectivity index (χ1n) is 5.74. The van der Waals surface area contributed by atoms with Gasteiger partial charge in [-0.05, 0) is 5.92 Å². The summed E-state index contributed by atoms with van der Waals surface area (Å²) in [6, 6.07) is 0. The molecule has 0 bridgehead atoms. The maximum atomic E-state index is 12.6. The lowest BCUT2D eigenvalue weighted by Gasteiger charge is -2.15. The van der Waals surface area contributed by atoms with Crippen LogP contribution in [0.15, 0.2) is 12.4 Å². The molecule has 7 heteroatoms. The van der Waals surface area contributed by atoms with Gasteiger partial charge in [-0.25, -0.2) is 4.98 Å². The quantitative estimate of drug-likeness (QED) is 0.888. The lowest BCUT2D eigenvalue weighted by Crippen LogP contribution is -2.24. The second-order valence-electron chi connectivity index (χ2n) is 4.64. The van der Waals surface area contributed by atoms with Crippen LogP contribution < -0.4 is 0 Å². The number of rotatable bonds is 4. The average molecular weight is 259 g/mol. The third kappa shape index (κ3) is 2.50. The molecule has 0 aromatic carbocycles. The van der Waals surface area contributed by atoms with Crippen molar-refractivity contribution in [3.63, 3.8) is 0 Å². The molecular weight excluding hydrogens is 244 g/mol. The highest BCUT2D eigenvalue weighted by atomic mass is 19.3. The zero-order valence-corrected chi connectivity index (χ0v) is 9.96. The summed E-state index contributed by atoms with van der Waals surface area (Å²) in [7, 11) is 0. The Bertz CT molecular complexity index is 436. The van der Waals surface area contributed by atoms with Gasteiger partial charge in [-0.3, -0.25) is 14.3 Å². The minimum Gasteiger partial charge on any atom is -0.481 e. The average Bonchev–Trinajstić information content (AvgIpc) is 2.85. The lowest BCUT2D eigenvalue weighted by atomic mass is 9.99. The smallest absolute Gasteiger partial charge is 0.319 e. The Balaban J connectivity index is 2.03. The third-order valence-corrected chi connectivity index (χ3v) is 3.33. The van der Waals surface area contributed by atoms with E-state index in [0.717, 1.165) is 4.57 Å². The summed E-state index contributed by atoms with van der Waals surface area (Å²) >= 11 is 0. The van der Waals surface area contributed by atoms with E-state index in [1.54, 1.807) is 0 Å². The van der Waals surface area contributed by atoms with Gasteiger partial charge in [0.25, 0.3) is 0 Å².